The second-order valence-corrected chi connectivity index (χ2v) is 6.75. The lowest BCUT2D eigenvalue weighted by Crippen LogP contribution is -2.46. The number of nitrogens with zero attached hydrogens (tertiary/aromatic N) is 7. The Hall–Kier alpha value is -2.00. The van der Waals surface area contributed by atoms with Crippen molar-refractivity contribution in [1.82, 2.24) is 29.8 Å². The highest BCUT2D eigenvalue weighted by Gasteiger charge is 2.23. The smallest absolute Gasteiger partial charge is 0.164 e. The molecule has 1 aliphatic heterocycles. The number of halogens is 1. The molecule has 4 rings (SSSR count). The third-order valence-corrected chi connectivity index (χ3v) is 4.85. The lowest BCUT2D eigenvalue weighted by molar-refractivity contribution is 0.241. The van der Waals surface area contributed by atoms with Gasteiger partial charge in [0.25, 0.3) is 0 Å². The Balaban J connectivity index is 1.50. The molecule has 0 bridgehead atoms. The Morgan fingerprint density at radius 1 is 1.21 bits per heavy atom. The first kappa shape index (κ1) is 15.5. The third kappa shape index (κ3) is 2.78. The molecule has 1 fully saturated rings. The summed E-state index contributed by atoms with van der Waals surface area (Å²) in [5, 5.41) is 9.44. The van der Waals surface area contributed by atoms with Gasteiger partial charge in [-0.2, -0.15) is 5.10 Å². The highest BCUT2D eigenvalue weighted by Crippen LogP contribution is 2.30. The van der Waals surface area contributed by atoms with E-state index in [2.05, 4.69) is 46.0 Å². The Morgan fingerprint density at radius 3 is 2.71 bits per heavy atom. The van der Waals surface area contributed by atoms with E-state index >= 15 is 0 Å². The summed E-state index contributed by atoms with van der Waals surface area (Å²) in [6.07, 6.45) is 1.61. The molecule has 0 unspecified atom stereocenters. The average Bonchev–Trinajstić information content (AvgIpc) is 3.12. The lowest BCUT2D eigenvalue weighted by Gasteiger charge is -2.35. The standard InChI is InChI=1S/C15H18BrN7O/c1-10-7-11(20-24-10)8-22-3-5-23(6-4-22)15-12-13(16)19-21(2)14(12)17-9-18-15/h7,9H,3-6,8H2,1-2H3. The minimum Gasteiger partial charge on any atom is -0.361 e. The molecular formula is C15H18BrN7O. The fraction of sp³-hybridized carbons (Fsp3) is 0.467. The molecule has 0 spiro atoms. The van der Waals surface area contributed by atoms with Crippen LogP contribution in [-0.4, -0.2) is 56.0 Å². The van der Waals surface area contributed by atoms with Crippen LogP contribution in [-0.2, 0) is 13.6 Å². The van der Waals surface area contributed by atoms with Gasteiger partial charge in [-0.25, -0.2) is 14.6 Å². The van der Waals surface area contributed by atoms with Gasteiger partial charge in [-0.3, -0.25) is 4.90 Å². The van der Waals surface area contributed by atoms with Crippen molar-refractivity contribution in [3.8, 4) is 0 Å². The summed E-state index contributed by atoms with van der Waals surface area (Å²) >= 11 is 3.53. The molecule has 0 atom stereocenters. The molecule has 9 heteroatoms. The van der Waals surface area contributed by atoms with Crippen molar-refractivity contribution in [3.05, 3.63) is 28.5 Å². The molecule has 0 saturated carbocycles. The molecular weight excluding hydrogens is 374 g/mol. The van der Waals surface area contributed by atoms with E-state index in [-0.39, 0.29) is 0 Å². The molecule has 1 aliphatic rings. The van der Waals surface area contributed by atoms with Crippen molar-refractivity contribution < 1.29 is 4.52 Å². The van der Waals surface area contributed by atoms with Gasteiger partial charge in [0, 0.05) is 45.8 Å². The second-order valence-electron chi connectivity index (χ2n) is 6.00. The Morgan fingerprint density at radius 2 is 2.00 bits per heavy atom. The molecule has 3 aromatic rings. The summed E-state index contributed by atoms with van der Waals surface area (Å²) in [6.45, 7) is 6.46. The van der Waals surface area contributed by atoms with E-state index in [1.54, 1.807) is 11.0 Å². The summed E-state index contributed by atoms with van der Waals surface area (Å²) in [6, 6.07) is 1.99. The van der Waals surface area contributed by atoms with E-state index < -0.39 is 0 Å². The highest BCUT2D eigenvalue weighted by molar-refractivity contribution is 9.10. The van der Waals surface area contributed by atoms with Gasteiger partial charge in [-0.05, 0) is 22.9 Å². The SMILES string of the molecule is Cc1cc(CN2CCN(c3ncnc4c3c(Br)nn4C)CC2)no1. The van der Waals surface area contributed by atoms with Crippen molar-refractivity contribution in [2.24, 2.45) is 7.05 Å². The van der Waals surface area contributed by atoms with Crippen LogP contribution >= 0.6 is 15.9 Å². The largest absolute Gasteiger partial charge is 0.361 e. The van der Waals surface area contributed by atoms with Crippen LogP contribution in [0.4, 0.5) is 5.82 Å². The van der Waals surface area contributed by atoms with E-state index in [1.807, 2.05) is 20.0 Å². The van der Waals surface area contributed by atoms with Crippen LogP contribution in [0, 0.1) is 6.92 Å². The molecule has 4 heterocycles. The van der Waals surface area contributed by atoms with Gasteiger partial charge in [0.2, 0.25) is 0 Å². The van der Waals surface area contributed by atoms with Crippen LogP contribution in [0.2, 0.25) is 0 Å². The minimum absolute atomic E-state index is 0.788. The Labute approximate surface area is 147 Å². The fourth-order valence-corrected chi connectivity index (χ4v) is 3.70. The molecule has 126 valence electrons. The van der Waals surface area contributed by atoms with Crippen LogP contribution in [0.25, 0.3) is 11.0 Å². The quantitative estimate of drug-likeness (QED) is 0.672. The molecule has 0 N–H and O–H groups in total. The number of aryl methyl sites for hydroxylation is 2. The van der Waals surface area contributed by atoms with Crippen LogP contribution in [0.1, 0.15) is 11.5 Å². The van der Waals surface area contributed by atoms with Crippen molar-refractivity contribution in [3.63, 3.8) is 0 Å². The zero-order valence-corrected chi connectivity index (χ0v) is 15.2. The molecule has 3 aromatic heterocycles. The highest BCUT2D eigenvalue weighted by atomic mass is 79.9. The van der Waals surface area contributed by atoms with Gasteiger partial charge in [0.1, 0.15) is 22.5 Å². The van der Waals surface area contributed by atoms with Gasteiger partial charge >= 0.3 is 0 Å². The minimum atomic E-state index is 0.788. The number of aromatic nitrogens is 5. The number of rotatable bonds is 3. The molecule has 0 radical (unpaired) electrons. The Bertz CT molecular complexity index is 866. The van der Waals surface area contributed by atoms with Crippen molar-refractivity contribution in [2.75, 3.05) is 31.1 Å². The van der Waals surface area contributed by atoms with Gasteiger partial charge in [0.05, 0.1) is 11.1 Å². The van der Waals surface area contributed by atoms with Crippen molar-refractivity contribution in [2.45, 2.75) is 13.5 Å². The van der Waals surface area contributed by atoms with Crippen LogP contribution in [0.5, 0.6) is 0 Å². The van der Waals surface area contributed by atoms with Crippen LogP contribution in [0.15, 0.2) is 21.5 Å². The predicted octanol–water partition coefficient (Wildman–Crippen LogP) is 1.74. The van der Waals surface area contributed by atoms with Crippen molar-refractivity contribution in [1.29, 1.82) is 0 Å². The van der Waals surface area contributed by atoms with Gasteiger partial charge in [-0.1, -0.05) is 5.16 Å². The molecule has 0 aliphatic carbocycles. The fourth-order valence-electron chi connectivity index (χ4n) is 3.11. The first-order chi connectivity index (χ1) is 11.6. The summed E-state index contributed by atoms with van der Waals surface area (Å²) in [7, 11) is 1.89. The third-order valence-electron chi connectivity index (χ3n) is 4.29. The monoisotopic (exact) mass is 391 g/mol. The second kappa shape index (κ2) is 6.14. The number of fused-ring (bicyclic) bond motifs is 1. The van der Waals surface area contributed by atoms with E-state index in [1.165, 1.54) is 0 Å². The Kier molecular flexibility index (Phi) is 3.97. The van der Waals surface area contributed by atoms with E-state index in [9.17, 15) is 0 Å². The van der Waals surface area contributed by atoms with Gasteiger partial charge in [0.15, 0.2) is 5.65 Å². The van der Waals surface area contributed by atoms with E-state index in [0.29, 0.717) is 0 Å². The van der Waals surface area contributed by atoms with Gasteiger partial charge in [-0.15, -0.1) is 0 Å². The van der Waals surface area contributed by atoms with Crippen LogP contribution in [0.3, 0.4) is 0 Å². The number of hydrogen-bond donors (Lipinski definition) is 0. The summed E-state index contributed by atoms with van der Waals surface area (Å²) in [5.41, 5.74) is 1.83. The first-order valence-corrected chi connectivity index (χ1v) is 8.64. The van der Waals surface area contributed by atoms with Crippen LogP contribution < -0.4 is 4.90 Å². The van der Waals surface area contributed by atoms with E-state index in [4.69, 9.17) is 4.52 Å². The topological polar surface area (TPSA) is 76.1 Å². The number of hydrogen-bond acceptors (Lipinski definition) is 7. The zero-order valence-electron chi connectivity index (χ0n) is 13.6. The average molecular weight is 392 g/mol. The number of anilines is 1. The summed E-state index contributed by atoms with van der Waals surface area (Å²) in [5.74, 6) is 1.80. The molecule has 0 amide bonds. The van der Waals surface area contributed by atoms with Gasteiger partial charge < -0.3 is 9.42 Å². The molecule has 8 nitrogen and oxygen atoms in total. The first-order valence-electron chi connectivity index (χ1n) is 7.84. The molecule has 1 saturated heterocycles. The summed E-state index contributed by atoms with van der Waals surface area (Å²) < 4.78 is 7.70. The molecule has 0 aromatic carbocycles. The normalized spacial score (nSPS) is 16.2. The van der Waals surface area contributed by atoms with E-state index in [0.717, 1.165) is 65.6 Å². The summed E-state index contributed by atoms with van der Waals surface area (Å²) in [4.78, 5) is 13.5. The van der Waals surface area contributed by atoms with Crippen molar-refractivity contribution >= 4 is 32.8 Å². The number of piperazine rings is 1. The predicted molar refractivity (Wildman–Crippen MR) is 92.7 cm³/mol. The molecule has 24 heavy (non-hydrogen) atoms. The zero-order chi connectivity index (χ0) is 16.7. The maximum atomic E-state index is 5.14. The lowest BCUT2D eigenvalue weighted by atomic mass is 10.2. The maximum Gasteiger partial charge on any atom is 0.164 e. The maximum absolute atomic E-state index is 5.14.